The second kappa shape index (κ2) is 4.76. The number of benzene rings is 1. The van der Waals surface area contributed by atoms with Crippen molar-refractivity contribution in [2.75, 3.05) is 12.3 Å². The lowest BCUT2D eigenvalue weighted by Crippen LogP contribution is -2.39. The number of rotatable bonds is 3. The normalized spacial score (nSPS) is 23.4. The molecule has 3 rings (SSSR count). The molecule has 1 aromatic carbocycles. The molecule has 6 nitrogen and oxygen atoms in total. The van der Waals surface area contributed by atoms with E-state index in [2.05, 4.69) is 9.71 Å². The molecule has 2 heterocycles. The summed E-state index contributed by atoms with van der Waals surface area (Å²) in [5, 5.41) is 0.637. The monoisotopic (exact) mass is 295 g/mol. The lowest BCUT2D eigenvalue weighted by Gasteiger charge is -2.15. The Kier molecular flexibility index (Phi) is 3.19. The SMILES string of the molecule is CC1OCCC1NS(=O)(=O)c1c[nH]c2cc(N)ccc12. The number of nitrogen functional groups attached to an aromatic ring is 1. The molecule has 1 fully saturated rings. The van der Waals surface area contributed by atoms with E-state index in [9.17, 15) is 8.42 Å². The highest BCUT2D eigenvalue weighted by molar-refractivity contribution is 7.89. The molecule has 1 saturated heterocycles. The highest BCUT2D eigenvalue weighted by atomic mass is 32.2. The number of hydrogen-bond donors (Lipinski definition) is 3. The molecule has 0 radical (unpaired) electrons. The molecule has 1 aliphatic rings. The Hall–Kier alpha value is -1.57. The molecule has 2 unspecified atom stereocenters. The van der Waals surface area contributed by atoms with E-state index in [-0.39, 0.29) is 17.0 Å². The number of aromatic nitrogens is 1. The number of fused-ring (bicyclic) bond motifs is 1. The summed E-state index contributed by atoms with van der Waals surface area (Å²) in [6, 6.07) is 4.94. The molecule has 0 spiro atoms. The lowest BCUT2D eigenvalue weighted by molar-refractivity contribution is 0.117. The third-order valence-electron chi connectivity index (χ3n) is 3.64. The summed E-state index contributed by atoms with van der Waals surface area (Å²) in [6.45, 7) is 2.45. The zero-order chi connectivity index (χ0) is 14.3. The largest absolute Gasteiger partial charge is 0.399 e. The smallest absolute Gasteiger partial charge is 0.243 e. The van der Waals surface area contributed by atoms with Gasteiger partial charge in [-0.25, -0.2) is 13.1 Å². The number of aromatic amines is 1. The molecule has 0 amide bonds. The molecule has 2 aromatic rings. The third kappa shape index (κ3) is 2.28. The van der Waals surface area contributed by atoms with Crippen LogP contribution in [0.25, 0.3) is 10.9 Å². The van der Waals surface area contributed by atoms with Gasteiger partial charge in [-0.2, -0.15) is 0 Å². The maximum absolute atomic E-state index is 12.5. The van der Waals surface area contributed by atoms with E-state index in [4.69, 9.17) is 10.5 Å². The summed E-state index contributed by atoms with van der Waals surface area (Å²) in [6.07, 6.45) is 2.08. The lowest BCUT2D eigenvalue weighted by atomic mass is 10.2. The Balaban J connectivity index is 1.97. The van der Waals surface area contributed by atoms with E-state index >= 15 is 0 Å². The van der Waals surface area contributed by atoms with Crippen molar-refractivity contribution in [3.63, 3.8) is 0 Å². The summed E-state index contributed by atoms with van der Waals surface area (Å²) < 4.78 is 33.0. The molecular weight excluding hydrogens is 278 g/mol. The van der Waals surface area contributed by atoms with Gasteiger partial charge in [-0.15, -0.1) is 0 Å². The van der Waals surface area contributed by atoms with Gasteiger partial charge in [-0.05, 0) is 31.5 Å². The second-order valence-corrected chi connectivity index (χ2v) is 6.73. The Morgan fingerprint density at radius 1 is 1.45 bits per heavy atom. The highest BCUT2D eigenvalue weighted by Crippen LogP contribution is 2.25. The predicted molar refractivity (Wildman–Crippen MR) is 76.9 cm³/mol. The molecule has 7 heteroatoms. The third-order valence-corrected chi connectivity index (χ3v) is 5.17. The first kappa shape index (κ1) is 13.4. The van der Waals surface area contributed by atoms with Crippen LogP contribution in [0.5, 0.6) is 0 Å². The Labute approximate surface area is 117 Å². The van der Waals surface area contributed by atoms with Crippen LogP contribution >= 0.6 is 0 Å². The summed E-state index contributed by atoms with van der Waals surface area (Å²) in [5.41, 5.74) is 6.99. The van der Waals surface area contributed by atoms with Gasteiger partial charge < -0.3 is 15.5 Å². The topological polar surface area (TPSA) is 97.2 Å². The molecular formula is C13H17N3O3S. The molecule has 1 aliphatic heterocycles. The Bertz CT molecular complexity index is 738. The number of nitrogens with one attached hydrogen (secondary N) is 2. The summed E-state index contributed by atoms with van der Waals surface area (Å²) >= 11 is 0. The van der Waals surface area contributed by atoms with Crippen LogP contribution in [0, 0.1) is 0 Å². The van der Waals surface area contributed by atoms with E-state index in [1.54, 1.807) is 18.2 Å². The summed E-state index contributed by atoms with van der Waals surface area (Å²) in [4.78, 5) is 3.18. The van der Waals surface area contributed by atoms with E-state index in [0.717, 1.165) is 0 Å². The van der Waals surface area contributed by atoms with E-state index < -0.39 is 10.0 Å². The number of nitrogens with two attached hydrogens (primary N) is 1. The Morgan fingerprint density at radius 2 is 2.25 bits per heavy atom. The number of anilines is 1. The van der Waals surface area contributed by atoms with Crippen molar-refractivity contribution >= 4 is 26.6 Å². The minimum absolute atomic E-state index is 0.106. The van der Waals surface area contributed by atoms with Crippen LogP contribution < -0.4 is 10.5 Å². The van der Waals surface area contributed by atoms with Crippen molar-refractivity contribution in [3.8, 4) is 0 Å². The van der Waals surface area contributed by atoms with Gasteiger partial charge in [-0.1, -0.05) is 0 Å². The van der Waals surface area contributed by atoms with Crippen LogP contribution in [0.1, 0.15) is 13.3 Å². The van der Waals surface area contributed by atoms with E-state index in [0.29, 0.717) is 29.6 Å². The van der Waals surface area contributed by atoms with Crippen LogP contribution in [0.4, 0.5) is 5.69 Å². The van der Waals surface area contributed by atoms with Crippen molar-refractivity contribution in [2.45, 2.75) is 30.4 Å². The van der Waals surface area contributed by atoms with Crippen LogP contribution in [0.3, 0.4) is 0 Å². The summed E-state index contributed by atoms with van der Waals surface area (Å²) in [5.74, 6) is 0. The molecule has 1 aromatic heterocycles. The van der Waals surface area contributed by atoms with Gasteiger partial charge in [0.15, 0.2) is 0 Å². The quantitative estimate of drug-likeness (QED) is 0.741. The van der Waals surface area contributed by atoms with Crippen LogP contribution in [-0.2, 0) is 14.8 Å². The maximum Gasteiger partial charge on any atom is 0.243 e. The van der Waals surface area contributed by atoms with Crippen LogP contribution in [0.15, 0.2) is 29.3 Å². The first-order valence-corrected chi connectivity index (χ1v) is 7.96. The number of hydrogen-bond acceptors (Lipinski definition) is 4. The first-order valence-electron chi connectivity index (χ1n) is 6.48. The fourth-order valence-corrected chi connectivity index (χ4v) is 4.01. The molecule has 4 N–H and O–H groups in total. The van der Waals surface area contributed by atoms with Gasteiger partial charge in [0, 0.05) is 29.4 Å². The summed E-state index contributed by atoms with van der Waals surface area (Å²) in [7, 11) is -3.57. The van der Waals surface area contributed by atoms with Crippen molar-refractivity contribution in [1.29, 1.82) is 0 Å². The minimum atomic E-state index is -3.57. The molecule has 2 atom stereocenters. The fourth-order valence-electron chi connectivity index (χ4n) is 2.49. The van der Waals surface area contributed by atoms with Gasteiger partial charge in [0.1, 0.15) is 4.90 Å². The molecule has 0 saturated carbocycles. The zero-order valence-electron chi connectivity index (χ0n) is 11.1. The maximum atomic E-state index is 12.5. The molecule has 0 bridgehead atoms. The van der Waals surface area contributed by atoms with Gasteiger partial charge in [0.25, 0.3) is 0 Å². The zero-order valence-corrected chi connectivity index (χ0v) is 11.9. The second-order valence-electron chi connectivity index (χ2n) is 5.05. The number of H-pyrrole nitrogens is 1. The number of sulfonamides is 1. The van der Waals surface area contributed by atoms with E-state index in [1.165, 1.54) is 6.20 Å². The average molecular weight is 295 g/mol. The van der Waals surface area contributed by atoms with Gasteiger partial charge >= 0.3 is 0 Å². The van der Waals surface area contributed by atoms with Crippen molar-refractivity contribution < 1.29 is 13.2 Å². The predicted octanol–water partition coefficient (Wildman–Crippen LogP) is 1.21. The van der Waals surface area contributed by atoms with Crippen molar-refractivity contribution in [2.24, 2.45) is 0 Å². The van der Waals surface area contributed by atoms with E-state index in [1.807, 2.05) is 6.92 Å². The van der Waals surface area contributed by atoms with Gasteiger partial charge in [-0.3, -0.25) is 0 Å². The van der Waals surface area contributed by atoms with Crippen molar-refractivity contribution in [3.05, 3.63) is 24.4 Å². The fraction of sp³-hybridized carbons (Fsp3) is 0.385. The first-order chi connectivity index (χ1) is 9.47. The van der Waals surface area contributed by atoms with Crippen LogP contribution in [-0.4, -0.2) is 32.2 Å². The van der Waals surface area contributed by atoms with Gasteiger partial charge in [0.2, 0.25) is 10.0 Å². The number of ether oxygens (including phenoxy) is 1. The highest BCUT2D eigenvalue weighted by Gasteiger charge is 2.30. The molecule has 20 heavy (non-hydrogen) atoms. The Morgan fingerprint density at radius 3 is 2.95 bits per heavy atom. The van der Waals surface area contributed by atoms with Crippen LogP contribution in [0.2, 0.25) is 0 Å². The average Bonchev–Trinajstić information content (AvgIpc) is 2.96. The standard InChI is InChI=1S/C13H17N3O3S/c1-8-11(4-5-19-8)16-20(17,18)13-7-15-12-6-9(14)2-3-10(12)13/h2-3,6-8,11,15-16H,4-5,14H2,1H3. The minimum Gasteiger partial charge on any atom is -0.399 e. The van der Waals surface area contributed by atoms with Gasteiger partial charge in [0.05, 0.1) is 12.1 Å². The molecule has 0 aliphatic carbocycles. The molecule has 108 valence electrons. The van der Waals surface area contributed by atoms with Crippen molar-refractivity contribution in [1.82, 2.24) is 9.71 Å².